The monoisotopic (exact) mass is 489 g/mol. The van der Waals surface area contributed by atoms with E-state index in [-0.39, 0.29) is 22.8 Å². The third kappa shape index (κ3) is 4.65. The number of aromatic nitrogens is 5. The van der Waals surface area contributed by atoms with Crippen LogP contribution in [0.2, 0.25) is 0 Å². The molecule has 10 nitrogen and oxygen atoms in total. The Morgan fingerprint density at radius 1 is 1.20 bits per heavy atom. The number of carboxylic acids is 1. The molecule has 3 aromatic heterocycles. The van der Waals surface area contributed by atoms with Crippen LogP contribution in [0.15, 0.2) is 43.0 Å². The van der Waals surface area contributed by atoms with Crippen LogP contribution in [0, 0.1) is 0 Å². The van der Waals surface area contributed by atoms with Crippen LogP contribution in [0.3, 0.4) is 0 Å². The van der Waals surface area contributed by atoms with E-state index in [1.807, 2.05) is 6.92 Å². The molecular weight excluding hydrogens is 471 g/mol. The molecule has 0 radical (unpaired) electrons. The van der Waals surface area contributed by atoms with Gasteiger partial charge < -0.3 is 14.6 Å². The maximum atomic E-state index is 13.6. The molecule has 4 rings (SSSR count). The van der Waals surface area contributed by atoms with E-state index in [4.69, 9.17) is 14.6 Å². The van der Waals surface area contributed by atoms with Gasteiger partial charge in [-0.05, 0) is 30.2 Å². The van der Waals surface area contributed by atoms with Crippen LogP contribution in [-0.2, 0) is 28.7 Å². The topological polar surface area (TPSA) is 121 Å². The number of benzene rings is 1. The molecule has 4 aromatic rings. The molecule has 0 fully saturated rings. The molecule has 0 unspecified atom stereocenters. The van der Waals surface area contributed by atoms with E-state index in [1.165, 1.54) is 36.2 Å². The molecule has 0 atom stereocenters. The Morgan fingerprint density at radius 2 is 1.97 bits per heavy atom. The highest BCUT2D eigenvalue weighted by molar-refractivity contribution is 5.91. The van der Waals surface area contributed by atoms with Gasteiger partial charge in [-0.2, -0.15) is 18.3 Å². The standard InChI is InChI=1S/C22H18F3N5O5/c1-3-12-8-13(4-5-14(12)21(33)34-2)35-20-19-27-9-16(30(19)7-6-26-20)15-10-29(11-17(31)32)28-18(15)22(23,24)25/h4-10H,3,11H2,1-2H3,(H,31,32). The number of carbonyl (C=O) groups excluding carboxylic acids is 1. The number of aryl methyl sites for hydroxylation is 1. The summed E-state index contributed by atoms with van der Waals surface area (Å²) in [6.45, 7) is 1.12. The Hall–Kier alpha value is -4.42. The molecule has 0 amide bonds. The molecule has 1 aromatic carbocycles. The predicted molar refractivity (Wildman–Crippen MR) is 114 cm³/mol. The van der Waals surface area contributed by atoms with Crippen LogP contribution < -0.4 is 4.74 Å². The minimum atomic E-state index is -4.83. The summed E-state index contributed by atoms with van der Waals surface area (Å²) in [7, 11) is 1.28. The van der Waals surface area contributed by atoms with Gasteiger partial charge in [0.25, 0.3) is 5.88 Å². The number of esters is 1. The molecule has 0 spiro atoms. The summed E-state index contributed by atoms with van der Waals surface area (Å²) in [5, 5.41) is 12.3. The van der Waals surface area contributed by atoms with Crippen LogP contribution in [0.25, 0.3) is 16.9 Å². The van der Waals surface area contributed by atoms with Gasteiger partial charge in [-0.1, -0.05) is 6.92 Å². The summed E-state index contributed by atoms with van der Waals surface area (Å²) < 4.78 is 53.5. The average molecular weight is 489 g/mol. The fourth-order valence-electron chi connectivity index (χ4n) is 3.55. The van der Waals surface area contributed by atoms with Crippen LogP contribution >= 0.6 is 0 Å². The van der Waals surface area contributed by atoms with Crippen molar-refractivity contribution < 1.29 is 37.3 Å². The lowest BCUT2D eigenvalue weighted by molar-refractivity contribution is -0.142. The first-order chi connectivity index (χ1) is 16.6. The zero-order valence-electron chi connectivity index (χ0n) is 18.4. The molecule has 35 heavy (non-hydrogen) atoms. The minimum Gasteiger partial charge on any atom is -0.480 e. The van der Waals surface area contributed by atoms with Gasteiger partial charge in [-0.15, -0.1) is 0 Å². The van der Waals surface area contributed by atoms with Gasteiger partial charge in [0.2, 0.25) is 5.65 Å². The highest BCUT2D eigenvalue weighted by Crippen LogP contribution is 2.37. The molecule has 13 heteroatoms. The number of aliphatic carboxylic acids is 1. The number of nitrogens with zero attached hydrogens (tertiary/aromatic N) is 5. The van der Waals surface area contributed by atoms with Gasteiger partial charge in [0.15, 0.2) is 5.69 Å². The molecule has 0 saturated heterocycles. The van der Waals surface area contributed by atoms with E-state index >= 15 is 0 Å². The first kappa shape index (κ1) is 23.7. The van der Waals surface area contributed by atoms with Crippen molar-refractivity contribution in [2.24, 2.45) is 0 Å². The number of carbonyl (C=O) groups is 2. The number of methoxy groups -OCH3 is 1. The van der Waals surface area contributed by atoms with Crippen molar-refractivity contribution in [2.45, 2.75) is 26.1 Å². The quantitative estimate of drug-likeness (QED) is 0.389. The number of ether oxygens (including phenoxy) is 2. The molecule has 0 aliphatic carbocycles. The molecule has 3 heterocycles. The second-order valence-corrected chi connectivity index (χ2v) is 7.32. The Kier molecular flexibility index (Phi) is 6.16. The largest absolute Gasteiger partial charge is 0.480 e. The second-order valence-electron chi connectivity index (χ2n) is 7.32. The molecule has 1 N–H and O–H groups in total. The fraction of sp³-hybridized carbons (Fsp3) is 0.227. The Morgan fingerprint density at radius 3 is 2.63 bits per heavy atom. The Labute approximate surface area is 195 Å². The number of hydrogen-bond acceptors (Lipinski definition) is 7. The number of rotatable bonds is 7. The summed E-state index contributed by atoms with van der Waals surface area (Å²) in [4.78, 5) is 31.2. The maximum absolute atomic E-state index is 13.6. The van der Waals surface area contributed by atoms with Crippen LogP contribution in [0.1, 0.15) is 28.5 Å². The summed E-state index contributed by atoms with van der Waals surface area (Å²) in [5.41, 5.74) is -0.395. The van der Waals surface area contributed by atoms with Crippen molar-refractivity contribution in [3.63, 3.8) is 0 Å². The van der Waals surface area contributed by atoms with Crippen molar-refractivity contribution in [1.29, 1.82) is 0 Å². The van der Waals surface area contributed by atoms with E-state index in [9.17, 15) is 22.8 Å². The predicted octanol–water partition coefficient (Wildman–Crippen LogP) is 3.84. The second kappa shape index (κ2) is 9.08. The van der Waals surface area contributed by atoms with Gasteiger partial charge in [-0.3, -0.25) is 13.9 Å². The van der Waals surface area contributed by atoms with Gasteiger partial charge in [0, 0.05) is 18.6 Å². The number of alkyl halides is 3. The minimum absolute atomic E-state index is 0.0121. The number of hydrogen-bond donors (Lipinski definition) is 1. The van der Waals surface area contributed by atoms with Crippen molar-refractivity contribution in [3.05, 3.63) is 59.8 Å². The summed E-state index contributed by atoms with van der Waals surface area (Å²) in [6, 6.07) is 4.72. The van der Waals surface area contributed by atoms with E-state index in [0.717, 1.165) is 6.20 Å². The Balaban J connectivity index is 1.76. The summed E-state index contributed by atoms with van der Waals surface area (Å²) >= 11 is 0. The Bertz CT molecular complexity index is 1430. The zero-order valence-corrected chi connectivity index (χ0v) is 18.4. The number of fused-ring (bicyclic) bond motifs is 1. The van der Waals surface area contributed by atoms with Crippen LogP contribution in [0.4, 0.5) is 13.2 Å². The molecule has 0 bridgehead atoms. The van der Waals surface area contributed by atoms with Crippen LogP contribution in [-0.4, -0.2) is 48.3 Å². The summed E-state index contributed by atoms with van der Waals surface area (Å²) in [5.74, 6) is -1.48. The zero-order chi connectivity index (χ0) is 25.3. The highest BCUT2D eigenvalue weighted by Gasteiger charge is 2.38. The SMILES string of the molecule is CCc1cc(Oc2nccn3c(-c4cn(CC(=O)O)nc4C(F)(F)F)cnc23)ccc1C(=O)OC. The molecule has 182 valence electrons. The molecule has 0 saturated carbocycles. The number of carboxylic acid groups (broad SMARTS) is 1. The van der Waals surface area contributed by atoms with Gasteiger partial charge in [0.1, 0.15) is 12.3 Å². The third-order valence-electron chi connectivity index (χ3n) is 5.08. The van der Waals surface area contributed by atoms with Gasteiger partial charge in [-0.25, -0.2) is 14.8 Å². The van der Waals surface area contributed by atoms with Gasteiger partial charge >= 0.3 is 18.1 Å². The van der Waals surface area contributed by atoms with Crippen molar-refractivity contribution in [3.8, 4) is 22.9 Å². The maximum Gasteiger partial charge on any atom is 0.435 e. The lowest BCUT2D eigenvalue weighted by atomic mass is 10.1. The van der Waals surface area contributed by atoms with Crippen LogP contribution in [0.5, 0.6) is 11.6 Å². The van der Waals surface area contributed by atoms with Crippen molar-refractivity contribution >= 4 is 17.6 Å². The first-order valence-corrected chi connectivity index (χ1v) is 10.2. The first-order valence-electron chi connectivity index (χ1n) is 10.2. The lowest BCUT2D eigenvalue weighted by Crippen LogP contribution is -2.12. The normalized spacial score (nSPS) is 11.6. The smallest absolute Gasteiger partial charge is 0.435 e. The van der Waals surface area contributed by atoms with Crippen molar-refractivity contribution in [2.75, 3.05) is 7.11 Å². The lowest BCUT2D eigenvalue weighted by Gasteiger charge is -2.10. The van der Waals surface area contributed by atoms with E-state index < -0.39 is 30.4 Å². The highest BCUT2D eigenvalue weighted by atomic mass is 19.4. The molecule has 0 aliphatic rings. The average Bonchev–Trinajstić information content (AvgIpc) is 3.42. The number of halogens is 3. The van der Waals surface area contributed by atoms with E-state index in [2.05, 4.69) is 15.1 Å². The molecule has 0 aliphatic heterocycles. The summed E-state index contributed by atoms with van der Waals surface area (Å²) in [6.07, 6.45) is 0.614. The van der Waals surface area contributed by atoms with Crippen molar-refractivity contribution in [1.82, 2.24) is 24.1 Å². The van der Waals surface area contributed by atoms with Gasteiger partial charge in [0.05, 0.1) is 30.1 Å². The number of imidazole rings is 1. The van der Waals surface area contributed by atoms with E-state index in [1.54, 1.807) is 12.1 Å². The van der Waals surface area contributed by atoms with E-state index in [0.29, 0.717) is 28.0 Å². The molecular formula is C22H18F3N5O5. The third-order valence-corrected chi connectivity index (χ3v) is 5.08. The fourth-order valence-corrected chi connectivity index (χ4v) is 3.55.